The lowest BCUT2D eigenvalue weighted by atomic mass is 10.2. The highest BCUT2D eigenvalue weighted by Crippen LogP contribution is 2.35. The van der Waals surface area contributed by atoms with Crippen molar-refractivity contribution in [2.45, 2.75) is 13.0 Å². The van der Waals surface area contributed by atoms with Crippen LogP contribution in [-0.4, -0.2) is 44.5 Å². The Balaban J connectivity index is 2.32. The number of amides is 1. The van der Waals surface area contributed by atoms with E-state index in [9.17, 15) is 14.7 Å². The average molecular weight is 339 g/mol. The summed E-state index contributed by atoms with van der Waals surface area (Å²) in [4.78, 5) is 24.7. The Bertz CT molecular complexity index is 686. The van der Waals surface area contributed by atoms with Crippen LogP contribution in [0.2, 0.25) is 0 Å². The van der Waals surface area contributed by atoms with Crippen molar-refractivity contribution >= 4 is 46.3 Å². The molecular formula is C14H13NO5S2. The summed E-state index contributed by atoms with van der Waals surface area (Å²) in [6, 6.07) is 3.62. The molecular weight excluding hydrogens is 326 g/mol. The summed E-state index contributed by atoms with van der Waals surface area (Å²) in [7, 11) is 1.42. The predicted octanol–water partition coefficient (Wildman–Crippen LogP) is 2.08. The summed E-state index contributed by atoms with van der Waals surface area (Å²) in [6.07, 6.45) is 1.58. The van der Waals surface area contributed by atoms with E-state index < -0.39 is 17.9 Å². The average Bonchev–Trinajstić information content (AvgIpc) is 2.74. The number of thiocarbonyl (C=S) groups is 1. The zero-order valence-electron chi connectivity index (χ0n) is 11.8. The summed E-state index contributed by atoms with van der Waals surface area (Å²) >= 11 is 6.12. The van der Waals surface area contributed by atoms with Gasteiger partial charge in [-0.2, -0.15) is 0 Å². The van der Waals surface area contributed by atoms with Gasteiger partial charge in [-0.15, -0.1) is 0 Å². The molecule has 6 nitrogen and oxygen atoms in total. The first-order chi connectivity index (χ1) is 10.3. The van der Waals surface area contributed by atoms with Gasteiger partial charge in [-0.3, -0.25) is 9.69 Å². The monoisotopic (exact) mass is 339 g/mol. The van der Waals surface area contributed by atoms with E-state index in [-0.39, 0.29) is 15.8 Å². The molecule has 0 bridgehead atoms. The molecule has 1 saturated heterocycles. The van der Waals surface area contributed by atoms with Crippen LogP contribution in [0.1, 0.15) is 12.5 Å². The molecule has 1 aliphatic rings. The van der Waals surface area contributed by atoms with Gasteiger partial charge in [0.25, 0.3) is 5.91 Å². The van der Waals surface area contributed by atoms with E-state index in [1.165, 1.54) is 20.1 Å². The maximum Gasteiger partial charge on any atom is 0.326 e. The molecule has 1 fully saturated rings. The molecule has 0 radical (unpaired) electrons. The normalized spacial score (nSPS) is 17.9. The lowest BCUT2D eigenvalue weighted by Crippen LogP contribution is -2.41. The Morgan fingerprint density at radius 3 is 2.77 bits per heavy atom. The lowest BCUT2D eigenvalue weighted by molar-refractivity contribution is -0.144. The zero-order chi connectivity index (χ0) is 16.4. The molecule has 1 amide bonds. The van der Waals surface area contributed by atoms with Gasteiger partial charge in [0.15, 0.2) is 11.5 Å². The van der Waals surface area contributed by atoms with Crippen molar-refractivity contribution in [1.82, 2.24) is 4.90 Å². The van der Waals surface area contributed by atoms with E-state index >= 15 is 0 Å². The van der Waals surface area contributed by atoms with Crippen molar-refractivity contribution in [2.75, 3.05) is 7.11 Å². The van der Waals surface area contributed by atoms with Crippen LogP contribution in [0, 0.1) is 0 Å². The third-order valence-electron chi connectivity index (χ3n) is 3.07. The molecule has 0 saturated carbocycles. The summed E-state index contributed by atoms with van der Waals surface area (Å²) in [5, 5.41) is 18.6. The Hall–Kier alpha value is -2.06. The minimum atomic E-state index is -1.12. The fraction of sp³-hybridized carbons (Fsp3) is 0.214. The highest BCUT2D eigenvalue weighted by molar-refractivity contribution is 8.26. The number of phenolic OH excluding ortho intramolecular Hbond substituents is 1. The quantitative estimate of drug-likeness (QED) is 0.641. The molecule has 8 heteroatoms. The van der Waals surface area contributed by atoms with E-state index in [2.05, 4.69) is 0 Å². The number of ether oxygens (including phenoxy) is 1. The number of carboxylic acids is 1. The molecule has 1 heterocycles. The van der Waals surface area contributed by atoms with Gasteiger partial charge in [-0.25, -0.2) is 4.79 Å². The zero-order valence-corrected chi connectivity index (χ0v) is 13.4. The maximum atomic E-state index is 12.3. The molecule has 22 heavy (non-hydrogen) atoms. The fourth-order valence-corrected chi connectivity index (χ4v) is 3.28. The SMILES string of the molecule is COc1cc(/C=C2\SC(=S)N([C@H](C)C(=O)O)C2=O)ccc1O. The van der Waals surface area contributed by atoms with Crippen LogP contribution < -0.4 is 4.74 Å². The number of thioether (sulfide) groups is 1. The van der Waals surface area contributed by atoms with Gasteiger partial charge < -0.3 is 14.9 Å². The third-order valence-corrected chi connectivity index (χ3v) is 4.40. The van der Waals surface area contributed by atoms with Gasteiger partial charge in [0.05, 0.1) is 12.0 Å². The van der Waals surface area contributed by atoms with E-state index in [0.717, 1.165) is 16.7 Å². The third kappa shape index (κ3) is 3.07. The van der Waals surface area contributed by atoms with Crippen molar-refractivity contribution in [3.8, 4) is 11.5 Å². The number of carboxylic acid groups (broad SMARTS) is 1. The molecule has 0 spiro atoms. The first-order valence-electron chi connectivity index (χ1n) is 6.22. The van der Waals surface area contributed by atoms with Gasteiger partial charge in [-0.1, -0.05) is 30.0 Å². The van der Waals surface area contributed by atoms with Crippen LogP contribution in [0.4, 0.5) is 0 Å². The van der Waals surface area contributed by atoms with Crippen LogP contribution in [-0.2, 0) is 9.59 Å². The fourth-order valence-electron chi connectivity index (χ4n) is 1.86. The Kier molecular flexibility index (Phi) is 4.72. The first-order valence-corrected chi connectivity index (χ1v) is 7.44. The van der Waals surface area contributed by atoms with Gasteiger partial charge in [-0.05, 0) is 30.7 Å². The van der Waals surface area contributed by atoms with Crippen LogP contribution in [0.15, 0.2) is 23.1 Å². The molecule has 1 aromatic rings. The van der Waals surface area contributed by atoms with Gasteiger partial charge in [0.1, 0.15) is 10.4 Å². The number of aliphatic carboxylic acids is 1. The van der Waals surface area contributed by atoms with Crippen molar-refractivity contribution in [2.24, 2.45) is 0 Å². The number of aromatic hydroxyl groups is 1. The highest BCUT2D eigenvalue weighted by atomic mass is 32.2. The lowest BCUT2D eigenvalue weighted by Gasteiger charge is -2.18. The van der Waals surface area contributed by atoms with Crippen molar-refractivity contribution in [1.29, 1.82) is 0 Å². The van der Waals surface area contributed by atoms with Crippen LogP contribution in [0.5, 0.6) is 11.5 Å². The second-order valence-electron chi connectivity index (χ2n) is 4.50. The van der Waals surface area contributed by atoms with E-state index in [1.807, 2.05) is 0 Å². The summed E-state index contributed by atoms with van der Waals surface area (Å²) in [6.45, 7) is 1.40. The first kappa shape index (κ1) is 16.3. The number of nitrogens with zero attached hydrogens (tertiary/aromatic N) is 1. The van der Waals surface area contributed by atoms with E-state index in [1.54, 1.807) is 18.2 Å². The summed E-state index contributed by atoms with van der Waals surface area (Å²) < 4.78 is 5.21. The van der Waals surface area contributed by atoms with Gasteiger partial charge in [0.2, 0.25) is 0 Å². The van der Waals surface area contributed by atoms with Crippen LogP contribution in [0.3, 0.4) is 0 Å². The predicted molar refractivity (Wildman–Crippen MR) is 86.8 cm³/mol. The number of carbonyl (C=O) groups is 2. The largest absolute Gasteiger partial charge is 0.504 e. The number of benzene rings is 1. The molecule has 2 rings (SSSR count). The standard InChI is InChI=1S/C14H13NO5S2/c1-7(13(18)19)15-12(17)11(22-14(15)21)6-8-3-4-9(16)10(5-8)20-2/h3-7,16H,1-2H3,(H,18,19)/b11-6-/t7-/m1/s1. The number of rotatable bonds is 4. The Morgan fingerprint density at radius 1 is 1.50 bits per heavy atom. The molecule has 116 valence electrons. The second kappa shape index (κ2) is 6.37. The number of methoxy groups -OCH3 is 1. The van der Waals surface area contributed by atoms with Crippen LogP contribution >= 0.6 is 24.0 Å². The molecule has 1 atom stereocenters. The molecule has 0 aromatic heterocycles. The molecule has 1 aromatic carbocycles. The Labute approximate surface area is 136 Å². The van der Waals surface area contributed by atoms with E-state index in [0.29, 0.717) is 10.5 Å². The van der Waals surface area contributed by atoms with E-state index in [4.69, 9.17) is 22.1 Å². The highest BCUT2D eigenvalue weighted by Gasteiger charge is 2.38. The van der Waals surface area contributed by atoms with Crippen molar-refractivity contribution < 1.29 is 24.5 Å². The van der Waals surface area contributed by atoms with Crippen molar-refractivity contribution in [3.63, 3.8) is 0 Å². The van der Waals surface area contributed by atoms with Gasteiger partial charge in [0, 0.05) is 0 Å². The van der Waals surface area contributed by atoms with Gasteiger partial charge >= 0.3 is 5.97 Å². The van der Waals surface area contributed by atoms with Crippen LogP contribution in [0.25, 0.3) is 6.08 Å². The number of hydrogen-bond acceptors (Lipinski definition) is 6. The molecule has 0 aliphatic carbocycles. The smallest absolute Gasteiger partial charge is 0.326 e. The minimum Gasteiger partial charge on any atom is -0.504 e. The Morgan fingerprint density at radius 2 is 2.18 bits per heavy atom. The van der Waals surface area contributed by atoms with Crippen molar-refractivity contribution in [3.05, 3.63) is 28.7 Å². The molecule has 0 unspecified atom stereocenters. The number of phenols is 1. The maximum absolute atomic E-state index is 12.3. The second-order valence-corrected chi connectivity index (χ2v) is 6.17. The summed E-state index contributed by atoms with van der Waals surface area (Å²) in [5.41, 5.74) is 0.637. The molecule has 2 N–H and O–H groups in total. The number of carbonyl (C=O) groups excluding carboxylic acids is 1. The molecule has 1 aliphatic heterocycles. The topological polar surface area (TPSA) is 87.1 Å². The summed E-state index contributed by atoms with van der Waals surface area (Å²) in [5.74, 6) is -1.30. The number of hydrogen-bond donors (Lipinski definition) is 2. The minimum absolute atomic E-state index is 0.00769.